The topological polar surface area (TPSA) is 50.9 Å². The second-order valence-corrected chi connectivity index (χ2v) is 16.5. The van der Waals surface area contributed by atoms with E-state index in [9.17, 15) is 5.11 Å². The number of hydrogen-bond donors (Lipinski definition) is 1. The predicted octanol–water partition coefficient (Wildman–Crippen LogP) is 11.6. The Kier molecular flexibility index (Phi) is 8.14. The predicted molar refractivity (Wildman–Crippen MR) is 202 cm³/mol. The van der Waals surface area contributed by atoms with Crippen molar-refractivity contribution in [3.63, 3.8) is 0 Å². The number of imidazole rings is 1. The molecular formula is C44H49N3O. The summed E-state index contributed by atoms with van der Waals surface area (Å²) >= 11 is 0. The summed E-state index contributed by atoms with van der Waals surface area (Å²) in [6.07, 6.45) is 1.93. The van der Waals surface area contributed by atoms with Gasteiger partial charge in [0.1, 0.15) is 11.6 Å². The van der Waals surface area contributed by atoms with E-state index < -0.39 is 0 Å². The molecule has 4 aromatic carbocycles. The molecular weight excluding hydrogens is 587 g/mol. The van der Waals surface area contributed by atoms with Crippen molar-refractivity contribution < 1.29 is 5.11 Å². The van der Waals surface area contributed by atoms with Crippen LogP contribution in [0.1, 0.15) is 90.1 Å². The second-order valence-electron chi connectivity index (χ2n) is 16.5. The summed E-state index contributed by atoms with van der Waals surface area (Å²) in [6, 6.07) is 30.0. The van der Waals surface area contributed by atoms with Gasteiger partial charge < -0.3 is 5.11 Å². The Labute approximate surface area is 286 Å². The molecule has 6 rings (SSSR count). The molecule has 2 heterocycles. The van der Waals surface area contributed by atoms with E-state index in [2.05, 4.69) is 141 Å². The minimum absolute atomic E-state index is 0.00966. The van der Waals surface area contributed by atoms with Gasteiger partial charge in [-0.25, -0.2) is 4.98 Å². The van der Waals surface area contributed by atoms with E-state index in [1.54, 1.807) is 6.07 Å². The molecule has 6 aromatic rings. The number of phenolic OH excluding ortho intramolecular Hbond substituents is 1. The minimum Gasteiger partial charge on any atom is -0.507 e. The van der Waals surface area contributed by atoms with Crippen molar-refractivity contribution in [1.29, 1.82) is 0 Å². The maximum Gasteiger partial charge on any atom is 0.149 e. The van der Waals surface area contributed by atoms with Gasteiger partial charge in [-0.3, -0.25) is 9.55 Å². The van der Waals surface area contributed by atoms with Crippen LogP contribution in [0.25, 0.3) is 50.5 Å². The van der Waals surface area contributed by atoms with Crippen molar-refractivity contribution in [3.05, 3.63) is 119 Å². The van der Waals surface area contributed by atoms with E-state index in [-0.39, 0.29) is 22.0 Å². The van der Waals surface area contributed by atoms with Crippen LogP contribution in [-0.2, 0) is 16.2 Å². The molecule has 0 radical (unpaired) electrons. The highest BCUT2D eigenvalue weighted by molar-refractivity contribution is 5.97. The fourth-order valence-corrected chi connectivity index (χ4v) is 6.43. The molecule has 48 heavy (non-hydrogen) atoms. The van der Waals surface area contributed by atoms with E-state index in [1.165, 1.54) is 27.8 Å². The van der Waals surface area contributed by atoms with Gasteiger partial charge in [0, 0.05) is 23.0 Å². The van der Waals surface area contributed by atoms with Crippen molar-refractivity contribution in [1.82, 2.24) is 14.5 Å². The number of aromatic hydroxyl groups is 1. The van der Waals surface area contributed by atoms with E-state index in [4.69, 9.17) is 9.97 Å². The Morgan fingerprint density at radius 2 is 1.19 bits per heavy atom. The number of fused-ring (bicyclic) bond motifs is 1. The first-order valence-corrected chi connectivity index (χ1v) is 17.0. The average Bonchev–Trinajstić information content (AvgIpc) is 3.38. The molecule has 0 atom stereocenters. The highest BCUT2D eigenvalue weighted by Gasteiger charge is 2.26. The van der Waals surface area contributed by atoms with Gasteiger partial charge in [0.25, 0.3) is 0 Å². The number of aromatic nitrogens is 3. The van der Waals surface area contributed by atoms with Crippen LogP contribution in [0.4, 0.5) is 0 Å². The molecule has 246 valence electrons. The third-order valence-corrected chi connectivity index (χ3v) is 9.27. The zero-order valence-electron chi connectivity index (χ0n) is 30.4. The fraction of sp³-hybridized carbons (Fsp3) is 0.318. The molecule has 0 amide bonds. The molecule has 0 spiro atoms. The monoisotopic (exact) mass is 635 g/mol. The second kappa shape index (κ2) is 11.8. The summed E-state index contributed by atoms with van der Waals surface area (Å²) in [7, 11) is 0. The van der Waals surface area contributed by atoms with Crippen LogP contribution < -0.4 is 0 Å². The fourth-order valence-electron chi connectivity index (χ4n) is 6.43. The van der Waals surface area contributed by atoms with Crippen molar-refractivity contribution in [3.8, 4) is 45.2 Å². The van der Waals surface area contributed by atoms with Crippen molar-refractivity contribution >= 4 is 11.0 Å². The van der Waals surface area contributed by atoms with Crippen molar-refractivity contribution in [2.75, 3.05) is 0 Å². The lowest BCUT2D eigenvalue weighted by Gasteiger charge is -2.24. The summed E-state index contributed by atoms with van der Waals surface area (Å²) in [4.78, 5) is 10.3. The van der Waals surface area contributed by atoms with Crippen LogP contribution in [-0.4, -0.2) is 19.6 Å². The molecule has 0 aliphatic heterocycles. The summed E-state index contributed by atoms with van der Waals surface area (Å²) in [5.41, 5.74) is 13.7. The van der Waals surface area contributed by atoms with Gasteiger partial charge in [-0.05, 0) is 124 Å². The third kappa shape index (κ3) is 6.41. The Bertz CT molecular complexity index is 2140. The summed E-state index contributed by atoms with van der Waals surface area (Å²) in [5.74, 6) is 0.921. The smallest absolute Gasteiger partial charge is 0.149 e. The Balaban J connectivity index is 1.74. The SMILES string of the molecule is Cc1cc(C)cc(-n2c(-c3ccccc3O)nc3c(-c4cc(-c5cc(C(C)(C)C)ccn5)cc(C(C)(C)C)c4)cc(C(C)(C)C)cc32)c1. The van der Waals surface area contributed by atoms with Gasteiger partial charge >= 0.3 is 0 Å². The first kappa shape index (κ1) is 33.2. The lowest BCUT2D eigenvalue weighted by Crippen LogP contribution is -2.13. The average molecular weight is 636 g/mol. The molecule has 0 aliphatic carbocycles. The van der Waals surface area contributed by atoms with Gasteiger partial charge in [0.2, 0.25) is 0 Å². The number of benzene rings is 4. The van der Waals surface area contributed by atoms with Crippen LogP contribution in [0.2, 0.25) is 0 Å². The number of rotatable bonds is 4. The first-order chi connectivity index (χ1) is 22.4. The Morgan fingerprint density at radius 3 is 1.81 bits per heavy atom. The summed E-state index contributed by atoms with van der Waals surface area (Å²) in [5, 5.41) is 11.1. The van der Waals surface area contributed by atoms with Gasteiger partial charge in [0.05, 0.1) is 22.3 Å². The van der Waals surface area contributed by atoms with E-state index >= 15 is 0 Å². The quantitative estimate of drug-likeness (QED) is 0.210. The van der Waals surface area contributed by atoms with Gasteiger partial charge in [-0.1, -0.05) is 86.6 Å². The van der Waals surface area contributed by atoms with E-state index in [0.717, 1.165) is 39.1 Å². The molecule has 0 saturated carbocycles. The zero-order valence-corrected chi connectivity index (χ0v) is 30.4. The minimum atomic E-state index is -0.122. The van der Waals surface area contributed by atoms with Crippen LogP contribution >= 0.6 is 0 Å². The summed E-state index contributed by atoms with van der Waals surface area (Å²) < 4.78 is 2.23. The van der Waals surface area contributed by atoms with E-state index in [1.807, 2.05) is 24.4 Å². The van der Waals surface area contributed by atoms with E-state index in [0.29, 0.717) is 11.4 Å². The maximum atomic E-state index is 11.1. The number of pyridine rings is 1. The van der Waals surface area contributed by atoms with Gasteiger partial charge in [-0.15, -0.1) is 0 Å². The molecule has 4 nitrogen and oxygen atoms in total. The lowest BCUT2D eigenvalue weighted by atomic mass is 9.81. The summed E-state index contributed by atoms with van der Waals surface area (Å²) in [6.45, 7) is 24.6. The molecule has 0 bridgehead atoms. The maximum absolute atomic E-state index is 11.1. The first-order valence-electron chi connectivity index (χ1n) is 17.0. The van der Waals surface area contributed by atoms with Crippen molar-refractivity contribution in [2.45, 2.75) is 92.4 Å². The zero-order chi connectivity index (χ0) is 34.8. The third-order valence-electron chi connectivity index (χ3n) is 9.27. The Hall–Kier alpha value is -4.70. The largest absolute Gasteiger partial charge is 0.507 e. The Morgan fingerprint density at radius 1 is 0.583 bits per heavy atom. The normalized spacial score (nSPS) is 12.6. The molecule has 0 aliphatic rings. The number of nitrogens with zero attached hydrogens (tertiary/aromatic N) is 3. The van der Waals surface area contributed by atoms with Crippen LogP contribution in [0, 0.1) is 13.8 Å². The molecule has 4 heteroatoms. The number of hydrogen-bond acceptors (Lipinski definition) is 3. The molecule has 0 fully saturated rings. The van der Waals surface area contributed by atoms with Crippen LogP contribution in [0.15, 0.2) is 91.1 Å². The standard InChI is InChI=1S/C44H49N3O/c1-27-18-28(2)20-34(19-27)47-38-26-33(44(9,10)11)24-36(40(38)46-41(47)35-14-12-13-15-39(35)48)29-21-30(23-32(22-29)43(6,7)8)37-25-31(16-17-45-37)42(3,4)5/h12-26,48H,1-11H3. The van der Waals surface area contributed by atoms with Crippen LogP contribution in [0.5, 0.6) is 5.75 Å². The van der Waals surface area contributed by atoms with Crippen molar-refractivity contribution in [2.24, 2.45) is 0 Å². The number of para-hydroxylation sites is 1. The van der Waals surface area contributed by atoms with Gasteiger partial charge in [-0.2, -0.15) is 0 Å². The van der Waals surface area contributed by atoms with Gasteiger partial charge in [0.15, 0.2) is 0 Å². The van der Waals surface area contributed by atoms with Crippen LogP contribution in [0.3, 0.4) is 0 Å². The molecule has 1 N–H and O–H groups in total. The highest BCUT2D eigenvalue weighted by atomic mass is 16.3. The molecule has 2 aromatic heterocycles. The number of aryl methyl sites for hydroxylation is 2. The molecule has 0 saturated heterocycles. The number of phenols is 1. The molecule has 0 unspecified atom stereocenters. The lowest BCUT2D eigenvalue weighted by molar-refractivity contribution is 0.477. The highest BCUT2D eigenvalue weighted by Crippen LogP contribution is 2.42.